The van der Waals surface area contributed by atoms with Gasteiger partial charge in [-0.25, -0.2) is 18.7 Å². The number of hydrogen-bond donors (Lipinski definition) is 2. The van der Waals surface area contributed by atoms with Gasteiger partial charge >= 0.3 is 5.69 Å². The summed E-state index contributed by atoms with van der Waals surface area (Å²) in [5.74, 6) is -1.55. The zero-order chi connectivity index (χ0) is 25.3. The maximum Gasteiger partial charge on any atom is 0.353 e. The molecular formula is C26H39F2N5O2. The SMILES string of the molecule is CCCCCCCCCCCCCCCCNc1ncnc(Nc2cc(F)ccc2F)c1[N+](=O)[O-]. The van der Waals surface area contributed by atoms with E-state index < -0.39 is 22.2 Å². The lowest BCUT2D eigenvalue weighted by Gasteiger charge is -2.10. The fraction of sp³-hybridized carbons (Fsp3) is 0.615. The van der Waals surface area contributed by atoms with E-state index in [1.54, 1.807) is 0 Å². The molecule has 1 aromatic carbocycles. The minimum Gasteiger partial charge on any atom is -0.364 e. The van der Waals surface area contributed by atoms with E-state index in [1.807, 2.05) is 0 Å². The van der Waals surface area contributed by atoms with Crippen molar-refractivity contribution >= 4 is 23.0 Å². The summed E-state index contributed by atoms with van der Waals surface area (Å²) in [6, 6.07) is 2.83. The molecular weight excluding hydrogens is 452 g/mol. The van der Waals surface area contributed by atoms with Crippen molar-refractivity contribution in [3.8, 4) is 0 Å². The van der Waals surface area contributed by atoms with E-state index in [0.29, 0.717) is 6.54 Å². The average Bonchev–Trinajstić information content (AvgIpc) is 2.83. The fourth-order valence-electron chi connectivity index (χ4n) is 4.02. The van der Waals surface area contributed by atoms with Gasteiger partial charge in [-0.2, -0.15) is 0 Å². The van der Waals surface area contributed by atoms with Gasteiger partial charge in [0.05, 0.1) is 10.6 Å². The van der Waals surface area contributed by atoms with Crippen LogP contribution in [0.2, 0.25) is 0 Å². The highest BCUT2D eigenvalue weighted by molar-refractivity contribution is 5.73. The van der Waals surface area contributed by atoms with Gasteiger partial charge in [-0.3, -0.25) is 10.1 Å². The van der Waals surface area contributed by atoms with E-state index in [-0.39, 0.29) is 17.3 Å². The summed E-state index contributed by atoms with van der Waals surface area (Å²) < 4.78 is 27.4. The topological polar surface area (TPSA) is 93.0 Å². The molecule has 0 aliphatic heterocycles. The van der Waals surface area contributed by atoms with Crippen LogP contribution in [0, 0.1) is 21.7 Å². The lowest BCUT2D eigenvalue weighted by Crippen LogP contribution is -2.09. The van der Waals surface area contributed by atoms with Crippen molar-refractivity contribution < 1.29 is 13.7 Å². The van der Waals surface area contributed by atoms with Gasteiger partial charge in [-0.15, -0.1) is 0 Å². The van der Waals surface area contributed by atoms with Crippen molar-refractivity contribution in [3.05, 3.63) is 46.3 Å². The first kappa shape index (κ1) is 28.4. The molecule has 0 aliphatic carbocycles. The zero-order valence-electron chi connectivity index (χ0n) is 20.8. The number of anilines is 3. The van der Waals surface area contributed by atoms with Gasteiger partial charge in [0, 0.05) is 12.6 Å². The Balaban J connectivity index is 1.65. The Morgan fingerprint density at radius 2 is 1.37 bits per heavy atom. The number of rotatable bonds is 19. The molecule has 0 fully saturated rings. The molecule has 0 saturated heterocycles. The quantitative estimate of drug-likeness (QED) is 0.117. The van der Waals surface area contributed by atoms with Crippen molar-refractivity contribution in [2.24, 2.45) is 0 Å². The van der Waals surface area contributed by atoms with Crippen LogP contribution in [0.15, 0.2) is 24.5 Å². The van der Waals surface area contributed by atoms with Crippen molar-refractivity contribution in [3.63, 3.8) is 0 Å². The van der Waals surface area contributed by atoms with Gasteiger partial charge in [0.1, 0.15) is 18.0 Å². The van der Waals surface area contributed by atoms with E-state index in [9.17, 15) is 18.9 Å². The predicted octanol–water partition coefficient (Wildman–Crippen LogP) is 8.30. The number of benzene rings is 1. The maximum atomic E-state index is 13.9. The van der Waals surface area contributed by atoms with Crippen LogP contribution in [0.3, 0.4) is 0 Å². The molecule has 7 nitrogen and oxygen atoms in total. The number of hydrogen-bond acceptors (Lipinski definition) is 6. The van der Waals surface area contributed by atoms with Crippen LogP contribution in [-0.2, 0) is 0 Å². The largest absolute Gasteiger partial charge is 0.364 e. The average molecular weight is 492 g/mol. The molecule has 194 valence electrons. The molecule has 0 amide bonds. The Morgan fingerprint density at radius 3 is 1.94 bits per heavy atom. The second-order valence-corrected chi connectivity index (χ2v) is 8.95. The molecule has 0 bridgehead atoms. The monoisotopic (exact) mass is 491 g/mol. The number of aromatic nitrogens is 2. The summed E-state index contributed by atoms with van der Waals surface area (Å²) >= 11 is 0. The predicted molar refractivity (Wildman–Crippen MR) is 137 cm³/mol. The smallest absolute Gasteiger partial charge is 0.353 e. The Labute approximate surface area is 207 Å². The Hall–Kier alpha value is -2.84. The zero-order valence-corrected chi connectivity index (χ0v) is 20.8. The first-order chi connectivity index (χ1) is 17.0. The van der Waals surface area contributed by atoms with Crippen LogP contribution >= 0.6 is 0 Å². The third-order valence-electron chi connectivity index (χ3n) is 6.01. The molecule has 9 heteroatoms. The molecule has 0 aliphatic rings. The van der Waals surface area contributed by atoms with Gasteiger partial charge < -0.3 is 10.6 Å². The first-order valence-electron chi connectivity index (χ1n) is 13.0. The second kappa shape index (κ2) is 16.7. The minimum atomic E-state index is -0.740. The summed E-state index contributed by atoms with van der Waals surface area (Å²) in [5.41, 5.74) is -0.633. The molecule has 1 aromatic heterocycles. The fourth-order valence-corrected chi connectivity index (χ4v) is 4.02. The van der Waals surface area contributed by atoms with Gasteiger partial charge in [-0.1, -0.05) is 90.4 Å². The summed E-state index contributed by atoms with van der Waals surface area (Å²) in [7, 11) is 0. The van der Waals surface area contributed by atoms with Gasteiger partial charge in [0.15, 0.2) is 0 Å². The highest BCUT2D eigenvalue weighted by Gasteiger charge is 2.23. The van der Waals surface area contributed by atoms with Crippen LogP contribution in [0.1, 0.15) is 96.8 Å². The number of nitrogens with one attached hydrogen (secondary N) is 2. The third-order valence-corrected chi connectivity index (χ3v) is 6.01. The van der Waals surface area contributed by atoms with Crippen molar-refractivity contribution in [2.45, 2.75) is 96.8 Å². The number of unbranched alkanes of at least 4 members (excludes halogenated alkanes) is 13. The second-order valence-electron chi connectivity index (χ2n) is 8.95. The van der Waals surface area contributed by atoms with Crippen LogP contribution in [0.25, 0.3) is 0 Å². The van der Waals surface area contributed by atoms with Crippen LogP contribution in [0.5, 0.6) is 0 Å². The highest BCUT2D eigenvalue weighted by Crippen LogP contribution is 2.32. The molecule has 2 rings (SSSR count). The van der Waals surface area contributed by atoms with E-state index in [0.717, 1.165) is 43.8 Å². The lowest BCUT2D eigenvalue weighted by atomic mass is 10.0. The number of nitrogens with zero attached hydrogens (tertiary/aromatic N) is 3. The Bertz CT molecular complexity index is 898. The standard InChI is InChI=1S/C26H39F2N5O2/c1-2-3-4-5-6-7-8-9-10-11-12-13-14-15-18-29-25-24(33(34)35)26(31-20-30-25)32-23-19-21(27)16-17-22(23)28/h16-17,19-20H,2-15,18H2,1H3,(H2,29,30,31,32). The minimum absolute atomic E-state index is 0.0546. The third kappa shape index (κ3) is 11.0. The molecule has 1 heterocycles. The van der Waals surface area contributed by atoms with Crippen molar-refractivity contribution in [1.29, 1.82) is 0 Å². The number of nitro groups is 1. The van der Waals surface area contributed by atoms with E-state index in [4.69, 9.17) is 0 Å². The molecule has 0 radical (unpaired) electrons. The number of halogens is 2. The summed E-state index contributed by atoms with van der Waals surface area (Å²) in [4.78, 5) is 18.8. The first-order valence-corrected chi connectivity index (χ1v) is 13.0. The van der Waals surface area contributed by atoms with Crippen molar-refractivity contribution in [2.75, 3.05) is 17.2 Å². The highest BCUT2D eigenvalue weighted by atomic mass is 19.1. The van der Waals surface area contributed by atoms with E-state index in [2.05, 4.69) is 27.5 Å². The normalized spacial score (nSPS) is 10.9. The van der Waals surface area contributed by atoms with Crippen LogP contribution in [-0.4, -0.2) is 21.4 Å². The molecule has 0 unspecified atom stereocenters. The van der Waals surface area contributed by atoms with E-state index in [1.165, 1.54) is 70.6 Å². The maximum absolute atomic E-state index is 13.9. The summed E-state index contributed by atoms with van der Waals surface area (Å²) in [5, 5.41) is 17.1. The van der Waals surface area contributed by atoms with Crippen LogP contribution < -0.4 is 10.6 Å². The molecule has 0 atom stereocenters. The Kier molecular flexibility index (Phi) is 13.6. The molecule has 2 N–H and O–H groups in total. The molecule has 2 aromatic rings. The Morgan fingerprint density at radius 1 is 0.829 bits per heavy atom. The van der Waals surface area contributed by atoms with Crippen LogP contribution in [0.4, 0.5) is 31.8 Å². The lowest BCUT2D eigenvalue weighted by molar-refractivity contribution is -0.383. The van der Waals surface area contributed by atoms with Crippen molar-refractivity contribution in [1.82, 2.24) is 9.97 Å². The molecule has 0 spiro atoms. The van der Waals surface area contributed by atoms with Gasteiger partial charge in [-0.05, 0) is 18.6 Å². The summed E-state index contributed by atoms with van der Waals surface area (Å²) in [6.45, 7) is 2.78. The summed E-state index contributed by atoms with van der Waals surface area (Å²) in [6.07, 6.45) is 18.8. The molecule has 0 saturated carbocycles. The van der Waals surface area contributed by atoms with Gasteiger partial charge in [0.25, 0.3) is 0 Å². The van der Waals surface area contributed by atoms with E-state index >= 15 is 0 Å². The van der Waals surface area contributed by atoms with Gasteiger partial charge in [0.2, 0.25) is 11.6 Å². The molecule has 35 heavy (non-hydrogen) atoms.